The Labute approximate surface area is 169 Å². The molecule has 0 radical (unpaired) electrons. The number of rotatable bonds is 9. The van der Waals surface area contributed by atoms with Gasteiger partial charge in [-0.25, -0.2) is 0 Å². The number of hydrogen-bond donors (Lipinski definition) is 3. The van der Waals surface area contributed by atoms with E-state index in [9.17, 15) is 0 Å². The molecule has 2 rings (SSSR count). The maximum atomic E-state index is 6.75. The number of hydrogen-bond acceptors (Lipinski definition) is 5. The Morgan fingerprint density at radius 1 is 1.19 bits per heavy atom. The van der Waals surface area contributed by atoms with Gasteiger partial charge in [0.25, 0.3) is 0 Å². The van der Waals surface area contributed by atoms with E-state index in [2.05, 4.69) is 61.6 Å². The second-order valence-corrected chi connectivity index (χ2v) is 7.81. The van der Waals surface area contributed by atoms with Crippen molar-refractivity contribution in [2.24, 2.45) is 0 Å². The number of nitrogens with one attached hydrogen (secondary N) is 3. The van der Waals surface area contributed by atoms with E-state index in [0.29, 0.717) is 12.1 Å². The van der Waals surface area contributed by atoms with Crippen LogP contribution in [0.25, 0.3) is 0 Å². The van der Waals surface area contributed by atoms with Gasteiger partial charge in [0.05, 0.1) is 0 Å². The molecule has 0 bridgehead atoms. The van der Waals surface area contributed by atoms with E-state index < -0.39 is 0 Å². The van der Waals surface area contributed by atoms with Gasteiger partial charge in [0.1, 0.15) is 0 Å². The van der Waals surface area contributed by atoms with Crippen molar-refractivity contribution in [2.75, 3.05) is 31.4 Å². The van der Waals surface area contributed by atoms with Crippen LogP contribution in [0.2, 0.25) is 0 Å². The molecule has 2 unspecified atom stereocenters. The zero-order valence-electron chi connectivity index (χ0n) is 17.7. The number of benzene rings is 1. The van der Waals surface area contributed by atoms with Crippen molar-refractivity contribution in [3.05, 3.63) is 46.2 Å². The van der Waals surface area contributed by atoms with E-state index in [1.807, 2.05) is 31.6 Å². The summed E-state index contributed by atoms with van der Waals surface area (Å²) in [6, 6.07) is 11.6. The van der Waals surface area contributed by atoms with Crippen LogP contribution in [0.3, 0.4) is 0 Å². The average molecular weight is 389 g/mol. The standard InChI is InChI=1S/C17H31N3.C5H5NS/c1-7-15-12-16(19-5)10-11-17(15)20(6)14(3)9-8-13(2)18-4;6-4-5-2-1-3-7-5/h10-14,18-19H,7-9H2,1-6H3;1-4,6H. The van der Waals surface area contributed by atoms with Crippen LogP contribution in [-0.2, 0) is 6.42 Å². The molecular formula is C22H36N4S. The molecule has 0 saturated heterocycles. The monoisotopic (exact) mass is 388 g/mol. The summed E-state index contributed by atoms with van der Waals surface area (Å²) in [5, 5.41) is 15.2. The zero-order chi connectivity index (χ0) is 20.2. The number of nitrogens with zero attached hydrogens (tertiary/aromatic N) is 1. The van der Waals surface area contributed by atoms with Crippen molar-refractivity contribution in [2.45, 2.75) is 52.1 Å². The van der Waals surface area contributed by atoms with Gasteiger partial charge >= 0.3 is 0 Å². The third kappa shape index (κ3) is 7.73. The average Bonchev–Trinajstić information content (AvgIpc) is 3.25. The highest BCUT2D eigenvalue weighted by molar-refractivity contribution is 7.11. The number of thiophene rings is 1. The summed E-state index contributed by atoms with van der Waals surface area (Å²) in [4.78, 5) is 3.43. The Hall–Kier alpha value is -1.85. The molecule has 0 saturated carbocycles. The lowest BCUT2D eigenvalue weighted by molar-refractivity contribution is 0.499. The van der Waals surface area contributed by atoms with Crippen molar-refractivity contribution < 1.29 is 0 Å². The predicted octanol–water partition coefficient (Wildman–Crippen LogP) is 5.25. The first-order valence-corrected chi connectivity index (χ1v) is 10.6. The van der Waals surface area contributed by atoms with Crippen LogP contribution in [0.1, 0.15) is 44.1 Å². The summed E-state index contributed by atoms with van der Waals surface area (Å²) in [6.07, 6.45) is 4.83. The summed E-state index contributed by atoms with van der Waals surface area (Å²) in [7, 11) is 6.22. The summed E-state index contributed by atoms with van der Waals surface area (Å²) in [5.41, 5.74) is 3.96. The first-order chi connectivity index (χ1) is 13.0. The minimum atomic E-state index is 0.552. The Morgan fingerprint density at radius 2 is 1.93 bits per heavy atom. The Kier molecular flexibility index (Phi) is 10.8. The zero-order valence-corrected chi connectivity index (χ0v) is 18.5. The Morgan fingerprint density at radius 3 is 2.41 bits per heavy atom. The summed E-state index contributed by atoms with van der Waals surface area (Å²) >= 11 is 1.58. The molecule has 2 aromatic rings. The number of aryl methyl sites for hydroxylation is 1. The molecule has 0 amide bonds. The molecule has 0 aliphatic carbocycles. The second-order valence-electron chi connectivity index (χ2n) is 6.83. The minimum Gasteiger partial charge on any atom is -0.388 e. The molecule has 150 valence electrons. The van der Waals surface area contributed by atoms with Gasteiger partial charge in [-0.1, -0.05) is 13.0 Å². The molecule has 0 spiro atoms. The van der Waals surface area contributed by atoms with E-state index in [0.717, 1.165) is 11.3 Å². The topological polar surface area (TPSA) is 51.1 Å². The maximum absolute atomic E-state index is 6.75. The van der Waals surface area contributed by atoms with Crippen molar-refractivity contribution in [3.63, 3.8) is 0 Å². The summed E-state index contributed by atoms with van der Waals surface area (Å²) in [6.45, 7) is 6.78. The lowest BCUT2D eigenvalue weighted by Crippen LogP contribution is -2.32. The minimum absolute atomic E-state index is 0.552. The smallest absolute Gasteiger partial charge is 0.0446 e. The van der Waals surface area contributed by atoms with E-state index in [-0.39, 0.29) is 0 Å². The van der Waals surface area contributed by atoms with Crippen molar-refractivity contribution >= 4 is 28.9 Å². The molecule has 0 aliphatic rings. The second kappa shape index (κ2) is 12.5. The molecule has 2 atom stereocenters. The highest BCUT2D eigenvalue weighted by Gasteiger charge is 2.14. The van der Waals surface area contributed by atoms with E-state index in [1.165, 1.54) is 36.0 Å². The van der Waals surface area contributed by atoms with Gasteiger partial charge in [-0.05, 0) is 75.4 Å². The van der Waals surface area contributed by atoms with Crippen molar-refractivity contribution in [1.29, 1.82) is 5.41 Å². The third-order valence-corrected chi connectivity index (χ3v) is 5.81. The molecule has 0 aliphatic heterocycles. The van der Waals surface area contributed by atoms with Crippen LogP contribution in [-0.4, -0.2) is 39.4 Å². The van der Waals surface area contributed by atoms with Gasteiger partial charge in [-0.3, -0.25) is 0 Å². The fourth-order valence-corrected chi connectivity index (χ4v) is 3.35. The van der Waals surface area contributed by atoms with E-state index in [1.54, 1.807) is 11.3 Å². The first-order valence-electron chi connectivity index (χ1n) is 9.71. The molecule has 5 heteroatoms. The van der Waals surface area contributed by atoms with Gasteiger partial charge in [0, 0.05) is 48.6 Å². The highest BCUT2D eigenvalue weighted by atomic mass is 32.1. The van der Waals surface area contributed by atoms with Gasteiger partial charge < -0.3 is 20.9 Å². The predicted molar refractivity (Wildman–Crippen MR) is 123 cm³/mol. The Bertz CT molecular complexity index is 654. The van der Waals surface area contributed by atoms with E-state index >= 15 is 0 Å². The fourth-order valence-electron chi connectivity index (χ4n) is 2.81. The lowest BCUT2D eigenvalue weighted by atomic mass is 10.0. The van der Waals surface area contributed by atoms with E-state index in [4.69, 9.17) is 5.41 Å². The normalized spacial score (nSPS) is 12.5. The molecule has 1 aromatic carbocycles. The van der Waals surface area contributed by atoms with Gasteiger partial charge in [-0.2, -0.15) is 0 Å². The molecule has 4 nitrogen and oxygen atoms in total. The highest BCUT2D eigenvalue weighted by Crippen LogP contribution is 2.26. The molecule has 1 heterocycles. The van der Waals surface area contributed by atoms with Crippen molar-refractivity contribution in [1.82, 2.24) is 5.32 Å². The van der Waals surface area contributed by atoms with Crippen LogP contribution in [0, 0.1) is 5.41 Å². The molecule has 27 heavy (non-hydrogen) atoms. The van der Waals surface area contributed by atoms with Crippen molar-refractivity contribution in [3.8, 4) is 0 Å². The van der Waals surface area contributed by atoms with Crippen LogP contribution in [0.5, 0.6) is 0 Å². The van der Waals surface area contributed by atoms with Gasteiger partial charge in [-0.15, -0.1) is 11.3 Å². The quantitative estimate of drug-likeness (QED) is 0.514. The third-order valence-electron chi connectivity index (χ3n) is 4.99. The Balaban J connectivity index is 0.000000433. The van der Waals surface area contributed by atoms with Crippen LogP contribution >= 0.6 is 11.3 Å². The van der Waals surface area contributed by atoms with Crippen LogP contribution in [0.15, 0.2) is 35.7 Å². The number of anilines is 2. The fraction of sp³-hybridized carbons (Fsp3) is 0.500. The summed E-state index contributed by atoms with van der Waals surface area (Å²) in [5.74, 6) is 0. The SMILES string of the molecule is CCc1cc(NC)ccc1N(C)C(C)CCC(C)NC.N=Cc1cccs1. The molecular weight excluding hydrogens is 352 g/mol. The largest absolute Gasteiger partial charge is 0.388 e. The van der Waals surface area contributed by atoms with Gasteiger partial charge in [0.15, 0.2) is 0 Å². The molecule has 3 N–H and O–H groups in total. The lowest BCUT2D eigenvalue weighted by Gasteiger charge is -2.30. The van der Waals surface area contributed by atoms with Gasteiger partial charge in [0.2, 0.25) is 0 Å². The maximum Gasteiger partial charge on any atom is 0.0446 e. The molecule has 0 fully saturated rings. The van der Waals surface area contributed by atoms with Crippen LogP contribution in [0.4, 0.5) is 11.4 Å². The summed E-state index contributed by atoms with van der Waals surface area (Å²) < 4.78 is 0. The van der Waals surface area contributed by atoms with Crippen LogP contribution < -0.4 is 15.5 Å². The first kappa shape index (κ1) is 23.2. The molecule has 1 aromatic heterocycles.